The molecule has 2 rings (SSSR count). The van der Waals surface area contributed by atoms with Crippen LogP contribution >= 0.6 is 0 Å². The Morgan fingerprint density at radius 3 is 2.38 bits per heavy atom. The van der Waals surface area contributed by atoms with Crippen molar-refractivity contribution in [2.24, 2.45) is 11.8 Å². The van der Waals surface area contributed by atoms with E-state index in [0.29, 0.717) is 5.92 Å². The van der Waals surface area contributed by atoms with E-state index in [9.17, 15) is 13.2 Å². The van der Waals surface area contributed by atoms with E-state index in [1.165, 1.54) is 6.07 Å². The molecule has 118 valence electrons. The first-order valence-corrected chi connectivity index (χ1v) is 7.91. The second-order valence-electron chi connectivity index (χ2n) is 6.22. The van der Waals surface area contributed by atoms with E-state index >= 15 is 0 Å². The van der Waals surface area contributed by atoms with E-state index in [-0.39, 0.29) is 17.5 Å². The van der Waals surface area contributed by atoms with E-state index < -0.39 is 17.5 Å². The molecule has 0 heterocycles. The maximum absolute atomic E-state index is 14.1. The van der Waals surface area contributed by atoms with Crippen molar-refractivity contribution in [2.75, 3.05) is 6.54 Å². The standard InChI is InChI=1S/C17H24F3N/c1-3-10-21-17(12-6-4-11(2)5-7-12)13-8-9-14(18)16(20)15(13)19/h8-9,11-12,17,21H,3-7,10H2,1-2H3. The summed E-state index contributed by atoms with van der Waals surface area (Å²) in [5.74, 6) is -2.54. The predicted molar refractivity (Wildman–Crippen MR) is 78.5 cm³/mol. The molecule has 1 N–H and O–H groups in total. The van der Waals surface area contributed by atoms with Crippen molar-refractivity contribution in [3.8, 4) is 0 Å². The van der Waals surface area contributed by atoms with Crippen molar-refractivity contribution in [2.45, 2.75) is 52.0 Å². The number of hydrogen-bond donors (Lipinski definition) is 1. The first kappa shape index (κ1) is 16.3. The Bertz CT molecular complexity index is 467. The molecule has 1 aliphatic carbocycles. The molecule has 1 nitrogen and oxygen atoms in total. The molecule has 0 aromatic heterocycles. The highest BCUT2D eigenvalue weighted by Crippen LogP contribution is 2.38. The van der Waals surface area contributed by atoms with E-state index in [1.807, 2.05) is 6.92 Å². The molecule has 1 aromatic carbocycles. The lowest BCUT2D eigenvalue weighted by atomic mass is 9.77. The lowest BCUT2D eigenvalue weighted by molar-refractivity contribution is 0.227. The summed E-state index contributed by atoms with van der Waals surface area (Å²) in [4.78, 5) is 0. The average Bonchev–Trinajstić information content (AvgIpc) is 2.48. The SMILES string of the molecule is CCCNC(c1ccc(F)c(F)c1F)C1CCC(C)CC1. The molecule has 1 atom stereocenters. The fourth-order valence-electron chi connectivity index (χ4n) is 3.23. The summed E-state index contributed by atoms with van der Waals surface area (Å²) in [5.41, 5.74) is 0.266. The van der Waals surface area contributed by atoms with Crippen LogP contribution in [0.4, 0.5) is 13.2 Å². The van der Waals surface area contributed by atoms with Crippen molar-refractivity contribution in [1.82, 2.24) is 5.32 Å². The normalized spacial score (nSPS) is 24.0. The van der Waals surface area contributed by atoms with E-state index in [1.54, 1.807) is 0 Å². The first-order valence-electron chi connectivity index (χ1n) is 7.91. The number of nitrogens with one attached hydrogen (secondary N) is 1. The topological polar surface area (TPSA) is 12.0 Å². The van der Waals surface area contributed by atoms with Gasteiger partial charge in [-0.05, 0) is 43.7 Å². The van der Waals surface area contributed by atoms with Gasteiger partial charge in [0.2, 0.25) is 0 Å². The third-order valence-electron chi connectivity index (χ3n) is 4.55. The molecule has 0 bridgehead atoms. The van der Waals surface area contributed by atoms with Crippen LogP contribution in [0.15, 0.2) is 12.1 Å². The van der Waals surface area contributed by atoms with Gasteiger partial charge in [-0.15, -0.1) is 0 Å². The first-order chi connectivity index (χ1) is 10.0. The maximum atomic E-state index is 14.1. The molecular formula is C17H24F3N. The highest BCUT2D eigenvalue weighted by Gasteiger charge is 2.30. The van der Waals surface area contributed by atoms with Crippen molar-refractivity contribution in [1.29, 1.82) is 0 Å². The third-order valence-corrected chi connectivity index (χ3v) is 4.55. The van der Waals surface area contributed by atoms with Gasteiger partial charge < -0.3 is 5.32 Å². The molecule has 1 unspecified atom stereocenters. The lowest BCUT2D eigenvalue weighted by Crippen LogP contribution is -2.32. The zero-order chi connectivity index (χ0) is 15.4. The number of benzene rings is 1. The fourth-order valence-corrected chi connectivity index (χ4v) is 3.23. The molecule has 1 aliphatic rings. The van der Waals surface area contributed by atoms with Gasteiger partial charge in [-0.3, -0.25) is 0 Å². The van der Waals surface area contributed by atoms with Crippen LogP contribution in [0.25, 0.3) is 0 Å². The van der Waals surface area contributed by atoms with E-state index in [2.05, 4.69) is 12.2 Å². The molecule has 0 amide bonds. The Morgan fingerprint density at radius 2 is 1.76 bits per heavy atom. The van der Waals surface area contributed by atoms with Crippen molar-refractivity contribution < 1.29 is 13.2 Å². The van der Waals surface area contributed by atoms with Gasteiger partial charge in [0.25, 0.3) is 0 Å². The van der Waals surface area contributed by atoms with Gasteiger partial charge in [0.15, 0.2) is 17.5 Å². The Balaban J connectivity index is 2.25. The molecule has 0 radical (unpaired) electrons. The summed E-state index contributed by atoms with van der Waals surface area (Å²) in [7, 11) is 0. The van der Waals surface area contributed by atoms with E-state index in [4.69, 9.17) is 0 Å². The van der Waals surface area contributed by atoms with Crippen LogP contribution in [0.2, 0.25) is 0 Å². The van der Waals surface area contributed by atoms with Gasteiger partial charge in [-0.1, -0.05) is 32.8 Å². The summed E-state index contributed by atoms with van der Waals surface area (Å²) in [6.45, 7) is 5.01. The van der Waals surface area contributed by atoms with Crippen LogP contribution in [0.1, 0.15) is 57.6 Å². The lowest BCUT2D eigenvalue weighted by Gasteiger charge is -2.34. The maximum Gasteiger partial charge on any atom is 0.194 e. The summed E-state index contributed by atoms with van der Waals surface area (Å²) in [6.07, 6.45) is 5.15. The summed E-state index contributed by atoms with van der Waals surface area (Å²) in [6, 6.07) is 2.19. The Hall–Kier alpha value is -1.03. The fraction of sp³-hybridized carbons (Fsp3) is 0.647. The molecule has 21 heavy (non-hydrogen) atoms. The molecule has 4 heteroatoms. The molecule has 1 fully saturated rings. The van der Waals surface area contributed by atoms with Crippen LogP contribution in [-0.2, 0) is 0 Å². The monoisotopic (exact) mass is 299 g/mol. The molecular weight excluding hydrogens is 275 g/mol. The molecule has 0 spiro atoms. The summed E-state index contributed by atoms with van der Waals surface area (Å²) >= 11 is 0. The second-order valence-corrected chi connectivity index (χ2v) is 6.22. The summed E-state index contributed by atoms with van der Waals surface area (Å²) < 4.78 is 40.8. The molecule has 1 saturated carbocycles. The Morgan fingerprint density at radius 1 is 1.10 bits per heavy atom. The van der Waals surface area contributed by atoms with Gasteiger partial charge in [0, 0.05) is 11.6 Å². The predicted octanol–water partition coefficient (Wildman–Crippen LogP) is 4.97. The van der Waals surface area contributed by atoms with Crippen LogP contribution in [0.5, 0.6) is 0 Å². The van der Waals surface area contributed by atoms with Gasteiger partial charge in [-0.2, -0.15) is 0 Å². The van der Waals surface area contributed by atoms with Crippen LogP contribution in [0.3, 0.4) is 0 Å². The van der Waals surface area contributed by atoms with Crippen molar-refractivity contribution >= 4 is 0 Å². The summed E-state index contributed by atoms with van der Waals surface area (Å²) in [5, 5.41) is 3.33. The number of hydrogen-bond acceptors (Lipinski definition) is 1. The molecule has 1 aromatic rings. The highest BCUT2D eigenvalue weighted by atomic mass is 19.2. The van der Waals surface area contributed by atoms with Crippen molar-refractivity contribution in [3.05, 3.63) is 35.1 Å². The number of rotatable bonds is 5. The van der Waals surface area contributed by atoms with Gasteiger partial charge in [0.1, 0.15) is 0 Å². The minimum absolute atomic E-state index is 0.229. The van der Waals surface area contributed by atoms with Gasteiger partial charge in [0.05, 0.1) is 0 Å². The Labute approximate surface area is 124 Å². The van der Waals surface area contributed by atoms with Gasteiger partial charge >= 0.3 is 0 Å². The van der Waals surface area contributed by atoms with E-state index in [0.717, 1.165) is 44.7 Å². The van der Waals surface area contributed by atoms with Crippen LogP contribution in [0, 0.1) is 29.3 Å². The molecule has 0 saturated heterocycles. The quantitative estimate of drug-likeness (QED) is 0.757. The highest BCUT2D eigenvalue weighted by molar-refractivity contribution is 5.24. The second kappa shape index (κ2) is 7.30. The van der Waals surface area contributed by atoms with Gasteiger partial charge in [-0.25, -0.2) is 13.2 Å². The third kappa shape index (κ3) is 3.79. The van der Waals surface area contributed by atoms with Crippen molar-refractivity contribution in [3.63, 3.8) is 0 Å². The molecule has 0 aliphatic heterocycles. The minimum atomic E-state index is -1.36. The Kier molecular flexibility index (Phi) is 5.68. The zero-order valence-corrected chi connectivity index (χ0v) is 12.8. The number of halogens is 3. The van der Waals surface area contributed by atoms with Crippen LogP contribution in [-0.4, -0.2) is 6.54 Å². The largest absolute Gasteiger partial charge is 0.310 e. The average molecular weight is 299 g/mol. The smallest absolute Gasteiger partial charge is 0.194 e. The zero-order valence-electron chi connectivity index (χ0n) is 12.8. The minimum Gasteiger partial charge on any atom is -0.310 e. The van der Waals surface area contributed by atoms with Crippen LogP contribution < -0.4 is 5.32 Å².